The fraction of sp³-hybridized carbons (Fsp3) is 0.462. The highest BCUT2D eigenvalue weighted by Crippen LogP contribution is 2.43. The summed E-state index contributed by atoms with van der Waals surface area (Å²) in [5, 5.41) is 6.61. The van der Waals surface area contributed by atoms with Crippen molar-refractivity contribution in [3.8, 4) is 0 Å². The van der Waals surface area contributed by atoms with E-state index in [2.05, 4.69) is 17.6 Å². The molecule has 4 heteroatoms. The Bertz CT molecular complexity index is 416. The van der Waals surface area contributed by atoms with Gasteiger partial charge in [0.2, 0.25) is 5.91 Å². The quantitative estimate of drug-likeness (QED) is 0.846. The van der Waals surface area contributed by atoms with Crippen molar-refractivity contribution in [2.45, 2.75) is 19.8 Å². The van der Waals surface area contributed by atoms with Crippen LogP contribution in [0.15, 0.2) is 24.3 Å². The van der Waals surface area contributed by atoms with Crippen molar-refractivity contribution in [3.63, 3.8) is 0 Å². The van der Waals surface area contributed by atoms with E-state index in [1.54, 1.807) is 12.1 Å². The summed E-state index contributed by atoms with van der Waals surface area (Å²) in [6, 6.07) is 7.16. The summed E-state index contributed by atoms with van der Waals surface area (Å²) in [4.78, 5) is 11.6. The van der Waals surface area contributed by atoms with Gasteiger partial charge >= 0.3 is 0 Å². The SMILES string of the molecule is CC1(CNCC(=O)Nc2cccc(Cl)c2)CC1. The zero-order valence-electron chi connectivity index (χ0n) is 9.92. The summed E-state index contributed by atoms with van der Waals surface area (Å²) >= 11 is 5.83. The van der Waals surface area contributed by atoms with Crippen LogP contribution in [0.1, 0.15) is 19.8 Å². The molecule has 0 bridgehead atoms. The van der Waals surface area contributed by atoms with E-state index < -0.39 is 0 Å². The second-order valence-corrected chi connectivity index (χ2v) is 5.41. The molecule has 0 aromatic heterocycles. The molecule has 0 unspecified atom stereocenters. The second kappa shape index (κ2) is 5.07. The highest BCUT2D eigenvalue weighted by Gasteiger charge is 2.36. The Morgan fingerprint density at radius 2 is 2.24 bits per heavy atom. The number of halogens is 1. The van der Waals surface area contributed by atoms with E-state index in [1.165, 1.54) is 12.8 Å². The average Bonchev–Trinajstić information content (AvgIpc) is 2.96. The van der Waals surface area contributed by atoms with Gasteiger partial charge < -0.3 is 10.6 Å². The smallest absolute Gasteiger partial charge is 0.238 e. The third-order valence-electron chi connectivity index (χ3n) is 3.05. The zero-order valence-corrected chi connectivity index (χ0v) is 10.7. The molecule has 3 nitrogen and oxygen atoms in total. The lowest BCUT2D eigenvalue weighted by Crippen LogP contribution is -2.31. The second-order valence-electron chi connectivity index (χ2n) is 4.97. The molecule has 0 radical (unpaired) electrons. The topological polar surface area (TPSA) is 41.1 Å². The number of rotatable bonds is 5. The number of nitrogens with one attached hydrogen (secondary N) is 2. The van der Waals surface area contributed by atoms with E-state index >= 15 is 0 Å². The molecular formula is C13H17ClN2O. The predicted octanol–water partition coefficient (Wildman–Crippen LogP) is 2.67. The van der Waals surface area contributed by atoms with Crippen molar-refractivity contribution in [2.75, 3.05) is 18.4 Å². The van der Waals surface area contributed by atoms with Crippen molar-refractivity contribution >= 4 is 23.2 Å². The summed E-state index contributed by atoms with van der Waals surface area (Å²) in [6.07, 6.45) is 2.52. The lowest BCUT2D eigenvalue weighted by Gasteiger charge is -2.10. The number of benzene rings is 1. The summed E-state index contributed by atoms with van der Waals surface area (Å²) in [7, 11) is 0. The minimum Gasteiger partial charge on any atom is -0.325 e. The molecule has 1 aromatic rings. The number of carbonyl (C=O) groups is 1. The van der Waals surface area contributed by atoms with E-state index in [4.69, 9.17) is 11.6 Å². The molecule has 0 aliphatic heterocycles. The lowest BCUT2D eigenvalue weighted by atomic mass is 10.1. The molecule has 1 saturated carbocycles. The maximum absolute atomic E-state index is 11.6. The molecule has 1 aliphatic rings. The minimum absolute atomic E-state index is 0.0310. The molecule has 0 heterocycles. The monoisotopic (exact) mass is 252 g/mol. The van der Waals surface area contributed by atoms with Gasteiger partial charge in [-0.3, -0.25) is 4.79 Å². The van der Waals surface area contributed by atoms with Crippen LogP contribution in [0.25, 0.3) is 0 Å². The minimum atomic E-state index is -0.0310. The Hall–Kier alpha value is -1.06. The van der Waals surface area contributed by atoms with Gasteiger partial charge in [-0.05, 0) is 36.5 Å². The number of anilines is 1. The Balaban J connectivity index is 1.73. The van der Waals surface area contributed by atoms with Gasteiger partial charge in [-0.25, -0.2) is 0 Å². The number of amides is 1. The molecule has 1 fully saturated rings. The first kappa shape index (κ1) is 12.4. The maximum Gasteiger partial charge on any atom is 0.238 e. The van der Waals surface area contributed by atoms with Crippen LogP contribution in [0.3, 0.4) is 0 Å². The van der Waals surface area contributed by atoms with Crippen LogP contribution in [0.5, 0.6) is 0 Å². The van der Waals surface area contributed by atoms with Gasteiger partial charge in [0.1, 0.15) is 0 Å². The normalized spacial score (nSPS) is 16.6. The summed E-state index contributed by atoms with van der Waals surface area (Å²) in [6.45, 7) is 3.49. The van der Waals surface area contributed by atoms with Crippen molar-refractivity contribution in [1.29, 1.82) is 0 Å². The first-order chi connectivity index (χ1) is 8.07. The molecule has 1 aliphatic carbocycles. The van der Waals surface area contributed by atoms with E-state index in [0.717, 1.165) is 12.2 Å². The van der Waals surface area contributed by atoms with Gasteiger partial charge in [0, 0.05) is 17.3 Å². The Morgan fingerprint density at radius 1 is 1.47 bits per heavy atom. The van der Waals surface area contributed by atoms with Crippen LogP contribution in [-0.4, -0.2) is 19.0 Å². The van der Waals surface area contributed by atoms with E-state index in [-0.39, 0.29) is 5.91 Å². The Labute approximate surface area is 107 Å². The van der Waals surface area contributed by atoms with Crippen LogP contribution >= 0.6 is 11.6 Å². The van der Waals surface area contributed by atoms with Gasteiger partial charge in [-0.2, -0.15) is 0 Å². The lowest BCUT2D eigenvalue weighted by molar-refractivity contribution is -0.115. The molecule has 92 valence electrons. The Kier molecular flexibility index (Phi) is 3.69. The molecule has 0 atom stereocenters. The van der Waals surface area contributed by atoms with Gasteiger partial charge in [-0.1, -0.05) is 24.6 Å². The zero-order chi connectivity index (χ0) is 12.3. The van der Waals surface area contributed by atoms with Gasteiger partial charge in [-0.15, -0.1) is 0 Å². The Morgan fingerprint density at radius 3 is 2.88 bits per heavy atom. The molecule has 1 aromatic carbocycles. The summed E-state index contributed by atoms with van der Waals surface area (Å²) < 4.78 is 0. The fourth-order valence-corrected chi connectivity index (χ4v) is 1.83. The summed E-state index contributed by atoms with van der Waals surface area (Å²) in [5.74, 6) is -0.0310. The van der Waals surface area contributed by atoms with Gasteiger partial charge in [0.05, 0.1) is 6.54 Å². The van der Waals surface area contributed by atoms with Gasteiger partial charge in [0.25, 0.3) is 0 Å². The highest BCUT2D eigenvalue weighted by molar-refractivity contribution is 6.30. The number of hydrogen-bond acceptors (Lipinski definition) is 2. The van der Waals surface area contributed by atoms with E-state index in [9.17, 15) is 4.79 Å². The molecule has 1 amide bonds. The van der Waals surface area contributed by atoms with E-state index in [1.807, 2.05) is 12.1 Å². The van der Waals surface area contributed by atoms with Crippen LogP contribution in [0.2, 0.25) is 5.02 Å². The fourth-order valence-electron chi connectivity index (χ4n) is 1.64. The molecule has 0 saturated heterocycles. The summed E-state index contributed by atoms with van der Waals surface area (Å²) in [5.41, 5.74) is 1.16. The average molecular weight is 253 g/mol. The molecule has 0 spiro atoms. The van der Waals surface area contributed by atoms with Crippen molar-refractivity contribution < 1.29 is 4.79 Å². The molecular weight excluding hydrogens is 236 g/mol. The van der Waals surface area contributed by atoms with Crippen LogP contribution in [-0.2, 0) is 4.79 Å². The molecule has 2 N–H and O–H groups in total. The van der Waals surface area contributed by atoms with Crippen molar-refractivity contribution in [3.05, 3.63) is 29.3 Å². The number of carbonyl (C=O) groups excluding carboxylic acids is 1. The third-order valence-corrected chi connectivity index (χ3v) is 3.28. The van der Waals surface area contributed by atoms with Crippen LogP contribution in [0.4, 0.5) is 5.69 Å². The maximum atomic E-state index is 11.6. The van der Waals surface area contributed by atoms with Crippen LogP contribution in [0, 0.1) is 5.41 Å². The predicted molar refractivity (Wildman–Crippen MR) is 70.3 cm³/mol. The first-order valence-corrected chi connectivity index (χ1v) is 6.21. The van der Waals surface area contributed by atoms with E-state index in [0.29, 0.717) is 17.0 Å². The van der Waals surface area contributed by atoms with Gasteiger partial charge in [0.15, 0.2) is 0 Å². The molecule has 17 heavy (non-hydrogen) atoms. The van der Waals surface area contributed by atoms with Crippen LogP contribution < -0.4 is 10.6 Å². The highest BCUT2D eigenvalue weighted by atomic mass is 35.5. The third kappa shape index (κ3) is 4.02. The molecule has 2 rings (SSSR count). The first-order valence-electron chi connectivity index (χ1n) is 5.84. The standard InChI is InChI=1S/C13H17ClN2O/c1-13(5-6-13)9-15-8-12(17)16-11-4-2-3-10(14)7-11/h2-4,7,15H,5-6,8-9H2,1H3,(H,16,17). The largest absolute Gasteiger partial charge is 0.325 e. The number of hydrogen-bond donors (Lipinski definition) is 2. The van der Waals surface area contributed by atoms with Crippen molar-refractivity contribution in [2.24, 2.45) is 5.41 Å². The van der Waals surface area contributed by atoms with Crippen molar-refractivity contribution in [1.82, 2.24) is 5.32 Å².